The van der Waals surface area contributed by atoms with Crippen LogP contribution in [-0.4, -0.2) is 36.2 Å². The SMILES string of the molecule is O=C(NCCSCc1ccccc1)C1CCN(Cc2ccc(Cl)cc2)CC1. The molecule has 0 bridgehead atoms. The lowest BCUT2D eigenvalue weighted by Crippen LogP contribution is -2.40. The highest BCUT2D eigenvalue weighted by molar-refractivity contribution is 7.98. The van der Waals surface area contributed by atoms with Gasteiger partial charge in [0.2, 0.25) is 5.91 Å². The van der Waals surface area contributed by atoms with Gasteiger partial charge in [-0.05, 0) is 49.2 Å². The molecule has 144 valence electrons. The van der Waals surface area contributed by atoms with Crippen LogP contribution in [0, 0.1) is 5.92 Å². The van der Waals surface area contributed by atoms with Crippen LogP contribution in [0.3, 0.4) is 0 Å². The Morgan fingerprint density at radius 2 is 1.74 bits per heavy atom. The van der Waals surface area contributed by atoms with Gasteiger partial charge in [0, 0.05) is 35.5 Å². The molecule has 0 aliphatic carbocycles. The topological polar surface area (TPSA) is 32.3 Å². The lowest BCUT2D eigenvalue weighted by Gasteiger charge is -2.31. The number of nitrogens with zero attached hydrogens (tertiary/aromatic N) is 1. The van der Waals surface area contributed by atoms with Crippen molar-refractivity contribution in [1.29, 1.82) is 0 Å². The van der Waals surface area contributed by atoms with E-state index in [4.69, 9.17) is 11.6 Å². The van der Waals surface area contributed by atoms with Crippen LogP contribution in [0.15, 0.2) is 54.6 Å². The summed E-state index contributed by atoms with van der Waals surface area (Å²) in [6, 6.07) is 18.5. The number of amides is 1. The van der Waals surface area contributed by atoms with Gasteiger partial charge in [-0.25, -0.2) is 0 Å². The highest BCUT2D eigenvalue weighted by atomic mass is 35.5. The van der Waals surface area contributed by atoms with Gasteiger partial charge in [-0.15, -0.1) is 0 Å². The largest absolute Gasteiger partial charge is 0.355 e. The molecule has 1 saturated heterocycles. The molecular formula is C22H27ClN2OS. The second kappa shape index (κ2) is 10.7. The van der Waals surface area contributed by atoms with Gasteiger partial charge in [-0.3, -0.25) is 9.69 Å². The van der Waals surface area contributed by atoms with Crippen molar-refractivity contribution in [3.63, 3.8) is 0 Å². The molecule has 0 radical (unpaired) electrons. The van der Waals surface area contributed by atoms with E-state index in [-0.39, 0.29) is 11.8 Å². The molecule has 1 fully saturated rings. The Morgan fingerprint density at radius 1 is 1.04 bits per heavy atom. The lowest BCUT2D eigenvalue weighted by atomic mass is 9.95. The van der Waals surface area contributed by atoms with Crippen molar-refractivity contribution in [1.82, 2.24) is 10.2 Å². The number of carbonyl (C=O) groups excluding carboxylic acids is 1. The van der Waals surface area contributed by atoms with E-state index in [0.717, 1.165) is 55.5 Å². The summed E-state index contributed by atoms with van der Waals surface area (Å²) >= 11 is 7.81. The van der Waals surface area contributed by atoms with Crippen molar-refractivity contribution in [2.75, 3.05) is 25.4 Å². The normalized spacial score (nSPS) is 15.6. The standard InChI is InChI=1S/C22H27ClN2OS/c23-21-8-6-18(7-9-21)16-25-13-10-20(11-14-25)22(26)24-12-15-27-17-19-4-2-1-3-5-19/h1-9,20H,10-17H2,(H,24,26). The maximum absolute atomic E-state index is 12.4. The molecule has 0 saturated carbocycles. The first kappa shape index (κ1) is 20.2. The Labute approximate surface area is 171 Å². The maximum atomic E-state index is 12.4. The fraction of sp³-hybridized carbons (Fsp3) is 0.409. The van der Waals surface area contributed by atoms with Crippen LogP contribution in [-0.2, 0) is 17.1 Å². The van der Waals surface area contributed by atoms with Crippen LogP contribution in [0.5, 0.6) is 0 Å². The zero-order valence-corrected chi connectivity index (χ0v) is 17.1. The molecule has 1 N–H and O–H groups in total. The van der Waals surface area contributed by atoms with E-state index in [1.807, 2.05) is 30.0 Å². The molecule has 0 aromatic heterocycles. The number of rotatable bonds is 8. The third-order valence-electron chi connectivity index (χ3n) is 4.93. The van der Waals surface area contributed by atoms with Crippen molar-refractivity contribution in [2.45, 2.75) is 25.1 Å². The molecule has 1 aliphatic heterocycles. The van der Waals surface area contributed by atoms with Crippen LogP contribution in [0.4, 0.5) is 0 Å². The summed E-state index contributed by atoms with van der Waals surface area (Å²) in [4.78, 5) is 14.8. The number of hydrogen-bond acceptors (Lipinski definition) is 3. The predicted octanol–water partition coefficient (Wildman–Crippen LogP) is 4.60. The first-order valence-corrected chi connectivity index (χ1v) is 11.1. The average Bonchev–Trinajstić information content (AvgIpc) is 2.71. The first-order valence-electron chi connectivity index (χ1n) is 9.57. The summed E-state index contributed by atoms with van der Waals surface area (Å²) in [5.74, 6) is 2.34. The Bertz CT molecular complexity index is 700. The van der Waals surface area contributed by atoms with Crippen molar-refractivity contribution >= 4 is 29.3 Å². The molecule has 2 aromatic carbocycles. The summed E-state index contributed by atoms with van der Waals surface area (Å²) in [7, 11) is 0. The molecule has 0 spiro atoms. The van der Waals surface area contributed by atoms with Crippen LogP contribution in [0.1, 0.15) is 24.0 Å². The van der Waals surface area contributed by atoms with Gasteiger partial charge in [0.25, 0.3) is 0 Å². The van der Waals surface area contributed by atoms with Gasteiger partial charge >= 0.3 is 0 Å². The van der Waals surface area contributed by atoms with Gasteiger partial charge in [0.05, 0.1) is 0 Å². The van der Waals surface area contributed by atoms with Crippen molar-refractivity contribution in [3.05, 3.63) is 70.7 Å². The summed E-state index contributed by atoms with van der Waals surface area (Å²) in [5, 5.41) is 3.89. The van der Waals surface area contributed by atoms with E-state index in [1.54, 1.807) is 0 Å². The smallest absolute Gasteiger partial charge is 0.223 e. The second-order valence-corrected chi connectivity index (χ2v) is 8.55. The highest BCUT2D eigenvalue weighted by Gasteiger charge is 2.24. The Hall–Kier alpha value is -1.49. The summed E-state index contributed by atoms with van der Waals surface area (Å²) in [5.41, 5.74) is 2.61. The molecule has 1 heterocycles. The van der Waals surface area contributed by atoms with Crippen molar-refractivity contribution < 1.29 is 4.79 Å². The van der Waals surface area contributed by atoms with Crippen LogP contribution in [0.25, 0.3) is 0 Å². The van der Waals surface area contributed by atoms with E-state index in [2.05, 4.69) is 46.6 Å². The molecule has 0 atom stereocenters. The predicted molar refractivity (Wildman–Crippen MR) is 115 cm³/mol. The monoisotopic (exact) mass is 402 g/mol. The van der Waals surface area contributed by atoms with Crippen LogP contribution >= 0.6 is 23.4 Å². The zero-order valence-electron chi connectivity index (χ0n) is 15.6. The van der Waals surface area contributed by atoms with Crippen LogP contribution < -0.4 is 5.32 Å². The van der Waals surface area contributed by atoms with Gasteiger partial charge < -0.3 is 5.32 Å². The first-order chi connectivity index (χ1) is 13.2. The number of halogens is 1. The zero-order chi connectivity index (χ0) is 18.9. The minimum Gasteiger partial charge on any atom is -0.355 e. The Kier molecular flexibility index (Phi) is 8.06. The molecule has 1 amide bonds. The lowest BCUT2D eigenvalue weighted by molar-refractivity contribution is -0.126. The number of carbonyl (C=O) groups is 1. The fourth-order valence-electron chi connectivity index (χ4n) is 3.36. The van der Waals surface area contributed by atoms with Crippen LogP contribution in [0.2, 0.25) is 5.02 Å². The highest BCUT2D eigenvalue weighted by Crippen LogP contribution is 2.20. The Morgan fingerprint density at radius 3 is 2.44 bits per heavy atom. The van der Waals surface area contributed by atoms with E-state index in [9.17, 15) is 4.79 Å². The number of nitrogens with one attached hydrogen (secondary N) is 1. The van der Waals surface area contributed by atoms with E-state index < -0.39 is 0 Å². The minimum absolute atomic E-state index is 0.158. The summed E-state index contributed by atoms with van der Waals surface area (Å²) in [6.07, 6.45) is 1.88. The van der Waals surface area contributed by atoms with Crippen molar-refractivity contribution in [3.8, 4) is 0 Å². The fourth-order valence-corrected chi connectivity index (χ4v) is 4.30. The minimum atomic E-state index is 0.158. The second-order valence-electron chi connectivity index (χ2n) is 7.01. The number of hydrogen-bond donors (Lipinski definition) is 1. The molecule has 1 aliphatic rings. The maximum Gasteiger partial charge on any atom is 0.223 e. The molecule has 3 rings (SSSR count). The summed E-state index contributed by atoms with van der Waals surface area (Å²) in [6.45, 7) is 3.63. The van der Waals surface area contributed by atoms with E-state index >= 15 is 0 Å². The average molecular weight is 403 g/mol. The van der Waals surface area contributed by atoms with Crippen molar-refractivity contribution in [2.24, 2.45) is 5.92 Å². The van der Waals surface area contributed by atoms with E-state index in [0.29, 0.717) is 0 Å². The Balaban J connectivity index is 1.29. The molecular weight excluding hydrogens is 376 g/mol. The molecule has 3 nitrogen and oxygen atoms in total. The summed E-state index contributed by atoms with van der Waals surface area (Å²) < 4.78 is 0. The van der Waals surface area contributed by atoms with Gasteiger partial charge in [-0.1, -0.05) is 54.1 Å². The van der Waals surface area contributed by atoms with E-state index in [1.165, 1.54) is 11.1 Å². The third kappa shape index (κ3) is 6.87. The number of benzene rings is 2. The number of likely N-dealkylation sites (tertiary alicyclic amines) is 1. The van der Waals surface area contributed by atoms with Gasteiger partial charge in [0.15, 0.2) is 0 Å². The molecule has 0 unspecified atom stereocenters. The molecule has 5 heteroatoms. The molecule has 27 heavy (non-hydrogen) atoms. The third-order valence-corrected chi connectivity index (χ3v) is 6.22. The quantitative estimate of drug-likeness (QED) is 0.655. The number of piperidine rings is 1. The van der Waals surface area contributed by atoms with Gasteiger partial charge in [0.1, 0.15) is 0 Å². The van der Waals surface area contributed by atoms with Gasteiger partial charge in [-0.2, -0.15) is 11.8 Å². The number of thioether (sulfide) groups is 1. The molecule has 2 aromatic rings.